The van der Waals surface area contributed by atoms with E-state index in [1.807, 2.05) is 29.1 Å². The van der Waals surface area contributed by atoms with Gasteiger partial charge in [0, 0.05) is 10.7 Å². The van der Waals surface area contributed by atoms with Crippen molar-refractivity contribution in [1.29, 1.82) is 0 Å². The lowest BCUT2D eigenvalue weighted by Gasteiger charge is -2.03. The molecule has 2 rings (SSSR count). The first-order valence-electron chi connectivity index (χ1n) is 4.27. The number of rotatable bonds is 2. The lowest BCUT2D eigenvalue weighted by atomic mass is 10.2. The first kappa shape index (κ1) is 9.27. The molecule has 3 nitrogen and oxygen atoms in total. The smallest absolute Gasteiger partial charge is 0.0719 e. The Kier molecular flexibility index (Phi) is 2.54. The molecular formula is C10H10BrN3. The predicted molar refractivity (Wildman–Crippen MR) is 59.9 cm³/mol. The van der Waals surface area contributed by atoms with E-state index in [1.54, 1.807) is 6.20 Å². The molecule has 0 unspecified atom stereocenters. The van der Waals surface area contributed by atoms with Crippen molar-refractivity contribution in [2.24, 2.45) is 0 Å². The van der Waals surface area contributed by atoms with Gasteiger partial charge in [0.1, 0.15) is 0 Å². The fourth-order valence-electron chi connectivity index (χ4n) is 1.27. The van der Waals surface area contributed by atoms with Gasteiger partial charge in [0.2, 0.25) is 0 Å². The number of benzene rings is 1. The third-order valence-corrected chi connectivity index (χ3v) is 2.72. The molecule has 0 radical (unpaired) electrons. The maximum atomic E-state index is 5.58. The summed E-state index contributed by atoms with van der Waals surface area (Å²) >= 11 is 3.49. The van der Waals surface area contributed by atoms with Crippen molar-refractivity contribution in [3.63, 3.8) is 0 Å². The zero-order chi connectivity index (χ0) is 9.97. The van der Waals surface area contributed by atoms with Crippen molar-refractivity contribution in [3.8, 4) is 0 Å². The van der Waals surface area contributed by atoms with E-state index in [0.29, 0.717) is 5.69 Å². The third-order valence-electron chi connectivity index (χ3n) is 1.94. The molecule has 0 aliphatic heterocycles. The summed E-state index contributed by atoms with van der Waals surface area (Å²) in [5.41, 5.74) is 7.46. The van der Waals surface area contributed by atoms with Gasteiger partial charge in [-0.2, -0.15) is 5.10 Å². The Bertz CT molecular complexity index is 436. The number of halogens is 1. The third kappa shape index (κ3) is 1.96. The van der Waals surface area contributed by atoms with Crippen molar-refractivity contribution in [2.45, 2.75) is 6.54 Å². The minimum atomic E-state index is 0.692. The average Bonchev–Trinajstić information content (AvgIpc) is 2.56. The molecule has 0 aliphatic rings. The van der Waals surface area contributed by atoms with E-state index < -0.39 is 0 Å². The second-order valence-electron chi connectivity index (χ2n) is 3.06. The summed E-state index contributed by atoms with van der Waals surface area (Å²) < 4.78 is 2.91. The maximum absolute atomic E-state index is 5.58. The van der Waals surface area contributed by atoms with Gasteiger partial charge in [-0.25, -0.2) is 0 Å². The fourth-order valence-corrected chi connectivity index (χ4v) is 1.68. The van der Waals surface area contributed by atoms with E-state index in [0.717, 1.165) is 11.0 Å². The molecule has 1 aromatic heterocycles. The number of hydrogen-bond donors (Lipinski definition) is 1. The number of nitrogens with zero attached hydrogens (tertiary/aromatic N) is 2. The Hall–Kier alpha value is -1.29. The zero-order valence-electron chi connectivity index (χ0n) is 7.52. The summed E-state index contributed by atoms with van der Waals surface area (Å²) in [5, 5.41) is 4.12. The normalized spacial score (nSPS) is 10.4. The van der Waals surface area contributed by atoms with Crippen LogP contribution in [0.4, 0.5) is 5.69 Å². The van der Waals surface area contributed by atoms with Crippen molar-refractivity contribution in [1.82, 2.24) is 9.78 Å². The largest absolute Gasteiger partial charge is 0.396 e. The van der Waals surface area contributed by atoms with Crippen molar-refractivity contribution >= 4 is 21.6 Å². The van der Waals surface area contributed by atoms with Crippen molar-refractivity contribution < 1.29 is 0 Å². The van der Waals surface area contributed by atoms with Gasteiger partial charge in [-0.3, -0.25) is 4.68 Å². The van der Waals surface area contributed by atoms with Crippen molar-refractivity contribution in [3.05, 3.63) is 46.7 Å². The zero-order valence-corrected chi connectivity index (χ0v) is 9.11. The lowest BCUT2D eigenvalue weighted by molar-refractivity contribution is 0.685. The van der Waals surface area contributed by atoms with Crippen LogP contribution >= 0.6 is 15.9 Å². The van der Waals surface area contributed by atoms with Crippen LogP contribution in [0.2, 0.25) is 0 Å². The van der Waals surface area contributed by atoms with E-state index in [2.05, 4.69) is 27.1 Å². The predicted octanol–water partition coefficient (Wildman–Crippen LogP) is 2.28. The number of nitrogens with two attached hydrogens (primary N) is 1. The molecule has 0 bridgehead atoms. The van der Waals surface area contributed by atoms with Gasteiger partial charge in [0.15, 0.2) is 0 Å². The number of aromatic nitrogens is 2. The Morgan fingerprint density at radius 2 is 2.14 bits per heavy atom. The summed E-state index contributed by atoms with van der Waals surface area (Å²) in [5.74, 6) is 0. The first-order chi connectivity index (χ1) is 6.75. The van der Waals surface area contributed by atoms with E-state index in [1.165, 1.54) is 5.56 Å². The van der Waals surface area contributed by atoms with E-state index in [4.69, 9.17) is 5.73 Å². The molecule has 0 atom stereocenters. The Morgan fingerprint density at radius 1 is 1.36 bits per heavy atom. The number of hydrogen-bond acceptors (Lipinski definition) is 2. The number of anilines is 1. The molecule has 0 fully saturated rings. The van der Waals surface area contributed by atoms with Crippen LogP contribution in [0.5, 0.6) is 0 Å². The molecule has 0 amide bonds. The molecule has 14 heavy (non-hydrogen) atoms. The molecule has 1 aromatic carbocycles. The Morgan fingerprint density at radius 3 is 2.79 bits per heavy atom. The molecule has 2 aromatic rings. The SMILES string of the molecule is Nc1cnn(Cc2ccccc2Br)c1. The van der Waals surface area contributed by atoms with Gasteiger partial charge in [-0.05, 0) is 11.6 Å². The van der Waals surface area contributed by atoms with Crippen LogP contribution in [0.25, 0.3) is 0 Å². The first-order valence-corrected chi connectivity index (χ1v) is 5.06. The average molecular weight is 252 g/mol. The summed E-state index contributed by atoms with van der Waals surface area (Å²) in [6.45, 7) is 0.735. The van der Waals surface area contributed by atoms with E-state index in [-0.39, 0.29) is 0 Å². The minimum absolute atomic E-state index is 0.692. The van der Waals surface area contributed by atoms with Gasteiger partial charge < -0.3 is 5.73 Å². The van der Waals surface area contributed by atoms with Gasteiger partial charge in [0.25, 0.3) is 0 Å². The van der Waals surface area contributed by atoms with E-state index >= 15 is 0 Å². The van der Waals surface area contributed by atoms with Crippen LogP contribution in [-0.4, -0.2) is 9.78 Å². The quantitative estimate of drug-likeness (QED) is 0.890. The van der Waals surface area contributed by atoms with Gasteiger partial charge in [0.05, 0.1) is 18.4 Å². The molecule has 0 saturated heterocycles. The standard InChI is InChI=1S/C10H10BrN3/c11-10-4-2-1-3-8(10)6-14-7-9(12)5-13-14/h1-5,7H,6,12H2. The second-order valence-corrected chi connectivity index (χ2v) is 3.92. The molecular weight excluding hydrogens is 242 g/mol. The van der Waals surface area contributed by atoms with Crippen LogP contribution in [0, 0.1) is 0 Å². The lowest BCUT2D eigenvalue weighted by Crippen LogP contribution is -2.00. The Labute approximate surface area is 90.7 Å². The molecule has 0 spiro atoms. The highest BCUT2D eigenvalue weighted by Gasteiger charge is 2.00. The monoisotopic (exact) mass is 251 g/mol. The number of nitrogen functional groups attached to an aromatic ring is 1. The summed E-state index contributed by atoms with van der Waals surface area (Å²) in [4.78, 5) is 0. The summed E-state index contributed by atoms with van der Waals surface area (Å²) in [6, 6.07) is 8.07. The molecule has 0 saturated carbocycles. The summed E-state index contributed by atoms with van der Waals surface area (Å²) in [6.07, 6.45) is 3.47. The molecule has 4 heteroatoms. The highest BCUT2D eigenvalue weighted by molar-refractivity contribution is 9.10. The molecule has 0 aliphatic carbocycles. The topological polar surface area (TPSA) is 43.8 Å². The molecule has 72 valence electrons. The van der Waals surface area contributed by atoms with Crippen molar-refractivity contribution in [2.75, 3.05) is 5.73 Å². The van der Waals surface area contributed by atoms with Crippen LogP contribution in [-0.2, 0) is 6.54 Å². The Balaban J connectivity index is 2.23. The van der Waals surface area contributed by atoms with Gasteiger partial charge in [-0.1, -0.05) is 34.1 Å². The molecule has 2 N–H and O–H groups in total. The van der Waals surface area contributed by atoms with Crippen LogP contribution < -0.4 is 5.73 Å². The highest BCUT2D eigenvalue weighted by Crippen LogP contribution is 2.16. The highest BCUT2D eigenvalue weighted by atomic mass is 79.9. The minimum Gasteiger partial charge on any atom is -0.396 e. The fraction of sp³-hybridized carbons (Fsp3) is 0.100. The summed E-state index contributed by atoms with van der Waals surface area (Å²) in [7, 11) is 0. The van der Waals surface area contributed by atoms with E-state index in [9.17, 15) is 0 Å². The van der Waals surface area contributed by atoms with Gasteiger partial charge in [-0.15, -0.1) is 0 Å². The van der Waals surface area contributed by atoms with Crippen LogP contribution in [0.3, 0.4) is 0 Å². The second kappa shape index (κ2) is 3.84. The van der Waals surface area contributed by atoms with Crippen LogP contribution in [0.15, 0.2) is 41.1 Å². The maximum Gasteiger partial charge on any atom is 0.0719 e. The molecule has 1 heterocycles. The van der Waals surface area contributed by atoms with Crippen LogP contribution in [0.1, 0.15) is 5.56 Å². The van der Waals surface area contributed by atoms with Gasteiger partial charge >= 0.3 is 0 Å².